The Morgan fingerprint density at radius 1 is 0.955 bits per heavy atom. The van der Waals surface area contributed by atoms with Crippen LogP contribution in [0.5, 0.6) is 0 Å². The maximum Gasteiger partial charge on any atom is 0.319 e. The summed E-state index contributed by atoms with van der Waals surface area (Å²) in [6.45, 7) is 0.716. The summed E-state index contributed by atoms with van der Waals surface area (Å²) in [4.78, 5) is 11.8. The van der Waals surface area contributed by atoms with Crippen molar-refractivity contribution in [1.29, 1.82) is 0 Å². The van der Waals surface area contributed by atoms with Crippen LogP contribution in [0.15, 0.2) is 60.7 Å². The Labute approximate surface area is 131 Å². The van der Waals surface area contributed by atoms with Crippen LogP contribution in [0.4, 0.5) is 10.5 Å². The number of aliphatic hydroxyl groups excluding tert-OH is 1. The van der Waals surface area contributed by atoms with E-state index in [-0.39, 0.29) is 18.6 Å². The summed E-state index contributed by atoms with van der Waals surface area (Å²) in [5, 5.41) is 14.8. The Kier molecular flexibility index (Phi) is 6.45. The van der Waals surface area contributed by atoms with Crippen molar-refractivity contribution in [1.82, 2.24) is 5.32 Å². The highest BCUT2D eigenvalue weighted by Gasteiger charge is 2.11. The Morgan fingerprint density at radius 3 is 2.23 bits per heavy atom. The molecule has 0 aliphatic carbocycles. The maximum absolute atomic E-state index is 11.8. The van der Waals surface area contributed by atoms with Gasteiger partial charge in [0.2, 0.25) is 0 Å². The zero-order chi connectivity index (χ0) is 15.6. The molecule has 2 aromatic carbocycles. The van der Waals surface area contributed by atoms with Gasteiger partial charge >= 0.3 is 6.03 Å². The number of urea groups is 1. The van der Waals surface area contributed by atoms with Crippen LogP contribution in [0, 0.1) is 0 Å². The first kappa shape index (κ1) is 16.0. The number of nitrogens with one attached hydrogen (secondary N) is 2. The van der Waals surface area contributed by atoms with Crippen molar-refractivity contribution in [2.24, 2.45) is 0 Å². The van der Waals surface area contributed by atoms with E-state index in [9.17, 15) is 9.90 Å². The first-order chi connectivity index (χ1) is 10.8. The number of aliphatic hydroxyl groups is 1. The van der Waals surface area contributed by atoms with Gasteiger partial charge in [0.15, 0.2) is 0 Å². The van der Waals surface area contributed by atoms with Gasteiger partial charge in [-0.05, 0) is 36.5 Å². The van der Waals surface area contributed by atoms with Gasteiger partial charge in [-0.15, -0.1) is 0 Å². The van der Waals surface area contributed by atoms with Crippen LogP contribution >= 0.6 is 0 Å². The molecule has 2 aromatic rings. The second kappa shape index (κ2) is 8.85. The standard InChI is InChI=1S/C18H22N2O2/c21-14-12-16(15-7-3-1-4-8-15)11-13-19-18(22)20-17-9-5-2-6-10-17/h1-10,16,21H,11-14H2,(H2,19,20,22). The highest BCUT2D eigenvalue weighted by molar-refractivity contribution is 5.89. The van der Waals surface area contributed by atoms with Crippen molar-refractivity contribution in [2.75, 3.05) is 18.5 Å². The minimum Gasteiger partial charge on any atom is -0.396 e. The molecule has 4 nitrogen and oxygen atoms in total. The van der Waals surface area contributed by atoms with Crippen molar-refractivity contribution in [3.8, 4) is 0 Å². The normalized spacial score (nSPS) is 11.7. The molecule has 0 bridgehead atoms. The van der Waals surface area contributed by atoms with Gasteiger partial charge in [-0.2, -0.15) is 0 Å². The number of hydrogen-bond donors (Lipinski definition) is 3. The summed E-state index contributed by atoms with van der Waals surface area (Å²) in [6, 6.07) is 19.2. The van der Waals surface area contributed by atoms with Crippen molar-refractivity contribution < 1.29 is 9.90 Å². The van der Waals surface area contributed by atoms with Gasteiger partial charge in [0.05, 0.1) is 0 Å². The summed E-state index contributed by atoms with van der Waals surface area (Å²) in [5.41, 5.74) is 1.97. The largest absolute Gasteiger partial charge is 0.396 e. The molecule has 0 aromatic heterocycles. The highest BCUT2D eigenvalue weighted by atomic mass is 16.3. The fourth-order valence-electron chi connectivity index (χ4n) is 2.42. The number of carbonyl (C=O) groups is 1. The molecular formula is C18H22N2O2. The van der Waals surface area contributed by atoms with Gasteiger partial charge in [0.1, 0.15) is 0 Å². The SMILES string of the molecule is O=C(NCCC(CCO)c1ccccc1)Nc1ccccc1. The minimum absolute atomic E-state index is 0.149. The topological polar surface area (TPSA) is 61.4 Å². The predicted octanol–water partition coefficient (Wildman–Crippen LogP) is 3.36. The van der Waals surface area contributed by atoms with E-state index in [0.717, 1.165) is 12.1 Å². The minimum atomic E-state index is -0.206. The van der Waals surface area contributed by atoms with Crippen LogP contribution in [0.25, 0.3) is 0 Å². The van der Waals surface area contributed by atoms with E-state index >= 15 is 0 Å². The van der Waals surface area contributed by atoms with Gasteiger partial charge in [-0.1, -0.05) is 48.5 Å². The number of para-hydroxylation sites is 1. The lowest BCUT2D eigenvalue weighted by Crippen LogP contribution is -2.30. The third kappa shape index (κ3) is 5.22. The summed E-state index contributed by atoms with van der Waals surface area (Å²) in [7, 11) is 0. The van der Waals surface area contributed by atoms with Crippen LogP contribution in [-0.2, 0) is 0 Å². The van der Waals surface area contributed by atoms with E-state index in [1.807, 2.05) is 48.5 Å². The van der Waals surface area contributed by atoms with E-state index in [2.05, 4.69) is 22.8 Å². The average molecular weight is 298 g/mol. The molecule has 3 N–H and O–H groups in total. The van der Waals surface area contributed by atoms with Gasteiger partial charge in [-0.25, -0.2) is 4.79 Å². The summed E-state index contributed by atoms with van der Waals surface area (Å²) in [6.07, 6.45) is 1.50. The van der Waals surface area contributed by atoms with Gasteiger partial charge in [0.25, 0.3) is 0 Å². The molecule has 22 heavy (non-hydrogen) atoms. The number of benzene rings is 2. The second-order valence-electron chi connectivity index (χ2n) is 5.16. The zero-order valence-electron chi connectivity index (χ0n) is 12.5. The zero-order valence-corrected chi connectivity index (χ0v) is 12.5. The van der Waals surface area contributed by atoms with E-state index in [4.69, 9.17) is 0 Å². The third-order valence-electron chi connectivity index (χ3n) is 3.56. The Morgan fingerprint density at radius 2 is 1.59 bits per heavy atom. The molecule has 1 atom stereocenters. The molecule has 0 heterocycles. The fraction of sp³-hybridized carbons (Fsp3) is 0.278. The maximum atomic E-state index is 11.8. The van der Waals surface area contributed by atoms with Gasteiger partial charge in [0, 0.05) is 18.8 Å². The molecule has 0 spiro atoms. The van der Waals surface area contributed by atoms with Crippen LogP contribution in [0.1, 0.15) is 24.3 Å². The number of rotatable bonds is 7. The first-order valence-corrected chi connectivity index (χ1v) is 7.55. The van der Waals surface area contributed by atoms with Crippen molar-refractivity contribution in [3.05, 3.63) is 66.2 Å². The van der Waals surface area contributed by atoms with Crippen LogP contribution in [0.3, 0.4) is 0 Å². The average Bonchev–Trinajstić information content (AvgIpc) is 2.56. The Bertz CT molecular complexity index is 558. The molecule has 0 saturated heterocycles. The Balaban J connectivity index is 1.79. The summed E-state index contributed by atoms with van der Waals surface area (Å²) in [5.74, 6) is 0.253. The van der Waals surface area contributed by atoms with Crippen LogP contribution < -0.4 is 10.6 Å². The van der Waals surface area contributed by atoms with Gasteiger partial charge < -0.3 is 15.7 Å². The number of anilines is 1. The van der Waals surface area contributed by atoms with Crippen molar-refractivity contribution >= 4 is 11.7 Å². The molecule has 2 rings (SSSR count). The first-order valence-electron chi connectivity index (χ1n) is 7.55. The molecule has 0 fully saturated rings. The number of carbonyl (C=O) groups excluding carboxylic acids is 1. The molecule has 1 unspecified atom stereocenters. The molecule has 0 radical (unpaired) electrons. The summed E-state index contributed by atoms with van der Waals surface area (Å²) < 4.78 is 0. The molecule has 0 aliphatic rings. The quantitative estimate of drug-likeness (QED) is 0.734. The Hall–Kier alpha value is -2.33. The van der Waals surface area contributed by atoms with E-state index < -0.39 is 0 Å². The van der Waals surface area contributed by atoms with Crippen molar-refractivity contribution in [2.45, 2.75) is 18.8 Å². The van der Waals surface area contributed by atoms with Crippen LogP contribution in [-0.4, -0.2) is 24.3 Å². The van der Waals surface area contributed by atoms with Crippen LogP contribution in [0.2, 0.25) is 0 Å². The lowest BCUT2D eigenvalue weighted by atomic mass is 9.93. The van der Waals surface area contributed by atoms with E-state index in [0.29, 0.717) is 13.0 Å². The molecular weight excluding hydrogens is 276 g/mol. The van der Waals surface area contributed by atoms with E-state index in [1.54, 1.807) is 0 Å². The molecule has 0 aliphatic heterocycles. The second-order valence-corrected chi connectivity index (χ2v) is 5.16. The van der Waals surface area contributed by atoms with E-state index in [1.165, 1.54) is 5.56 Å². The molecule has 2 amide bonds. The smallest absolute Gasteiger partial charge is 0.319 e. The lowest BCUT2D eigenvalue weighted by Gasteiger charge is -2.16. The number of hydrogen-bond acceptors (Lipinski definition) is 2. The highest BCUT2D eigenvalue weighted by Crippen LogP contribution is 2.22. The number of amides is 2. The monoisotopic (exact) mass is 298 g/mol. The summed E-state index contributed by atoms with van der Waals surface area (Å²) >= 11 is 0. The fourth-order valence-corrected chi connectivity index (χ4v) is 2.42. The van der Waals surface area contributed by atoms with Gasteiger partial charge in [-0.3, -0.25) is 0 Å². The third-order valence-corrected chi connectivity index (χ3v) is 3.56. The molecule has 0 saturated carbocycles. The lowest BCUT2D eigenvalue weighted by molar-refractivity contribution is 0.250. The van der Waals surface area contributed by atoms with Crippen molar-refractivity contribution in [3.63, 3.8) is 0 Å². The predicted molar refractivity (Wildman–Crippen MR) is 89.0 cm³/mol. The molecule has 4 heteroatoms. The molecule has 116 valence electrons.